The van der Waals surface area contributed by atoms with Gasteiger partial charge in [0.25, 0.3) is 0 Å². The van der Waals surface area contributed by atoms with E-state index in [0.717, 1.165) is 16.3 Å². The van der Waals surface area contributed by atoms with Crippen molar-refractivity contribution >= 4 is 34.5 Å². The summed E-state index contributed by atoms with van der Waals surface area (Å²) in [7, 11) is 0. The minimum Gasteiger partial charge on any atom is -0.507 e. The predicted molar refractivity (Wildman–Crippen MR) is 127 cm³/mol. The van der Waals surface area contributed by atoms with Gasteiger partial charge in [0.05, 0.1) is 6.21 Å². The molecule has 0 aliphatic heterocycles. The van der Waals surface area contributed by atoms with Crippen molar-refractivity contribution in [1.29, 1.82) is 0 Å². The fourth-order valence-corrected chi connectivity index (χ4v) is 3.19. The Morgan fingerprint density at radius 3 is 2.36 bits per heavy atom. The van der Waals surface area contributed by atoms with E-state index in [2.05, 4.69) is 15.8 Å². The molecule has 3 N–H and O–H groups in total. The Kier molecular flexibility index (Phi) is 6.61. The monoisotopic (exact) mass is 439 g/mol. The molecule has 4 rings (SSSR count). The molecule has 7 heteroatoms. The van der Waals surface area contributed by atoms with Gasteiger partial charge in [0.15, 0.2) is 0 Å². The number of carbonyl (C=O) groups is 2. The molecule has 0 aromatic heterocycles. The van der Waals surface area contributed by atoms with Gasteiger partial charge in [-0.05, 0) is 46.7 Å². The molecule has 0 atom stereocenters. The molecule has 33 heavy (non-hydrogen) atoms. The van der Waals surface area contributed by atoms with Gasteiger partial charge in [-0.1, -0.05) is 60.7 Å². The predicted octanol–water partition coefficient (Wildman–Crippen LogP) is 4.21. The number of phenolic OH excluding ortho intramolecular Hbond substituents is 1. The first-order valence-corrected chi connectivity index (χ1v) is 10.2. The normalized spacial score (nSPS) is 10.8. The molecule has 0 aliphatic rings. The highest BCUT2D eigenvalue weighted by molar-refractivity contribution is 6.39. The Labute approximate surface area is 190 Å². The second kappa shape index (κ2) is 10.1. The molecular weight excluding hydrogens is 418 g/mol. The third kappa shape index (κ3) is 5.54. The summed E-state index contributed by atoms with van der Waals surface area (Å²) in [5.41, 5.74) is 4.11. The lowest BCUT2D eigenvalue weighted by atomic mass is 10.0. The second-order valence-corrected chi connectivity index (χ2v) is 7.17. The van der Waals surface area contributed by atoms with Crippen LogP contribution in [0, 0.1) is 0 Å². The number of anilines is 1. The van der Waals surface area contributed by atoms with Crippen molar-refractivity contribution in [3.63, 3.8) is 0 Å². The maximum atomic E-state index is 12.2. The lowest BCUT2D eigenvalue weighted by molar-refractivity contribution is -0.136. The number of hydrazone groups is 1. The second-order valence-electron chi connectivity index (χ2n) is 7.17. The Morgan fingerprint density at radius 2 is 1.58 bits per heavy atom. The van der Waals surface area contributed by atoms with E-state index in [1.54, 1.807) is 36.4 Å². The molecule has 0 saturated carbocycles. The number of rotatable bonds is 6. The third-order valence-corrected chi connectivity index (χ3v) is 4.87. The molecule has 0 fully saturated rings. The molecule has 4 aromatic rings. The van der Waals surface area contributed by atoms with Gasteiger partial charge in [0.1, 0.15) is 18.1 Å². The molecule has 0 unspecified atom stereocenters. The van der Waals surface area contributed by atoms with Gasteiger partial charge in [-0.3, -0.25) is 9.59 Å². The minimum absolute atomic E-state index is 0.0192. The minimum atomic E-state index is -0.935. The quantitative estimate of drug-likeness (QED) is 0.238. The summed E-state index contributed by atoms with van der Waals surface area (Å²) in [6, 6.07) is 27.2. The van der Waals surface area contributed by atoms with Gasteiger partial charge < -0.3 is 15.2 Å². The van der Waals surface area contributed by atoms with Crippen LogP contribution in [0.4, 0.5) is 5.69 Å². The van der Waals surface area contributed by atoms with Gasteiger partial charge in [-0.15, -0.1) is 0 Å². The Balaban J connectivity index is 1.32. The van der Waals surface area contributed by atoms with E-state index in [1.165, 1.54) is 6.21 Å². The van der Waals surface area contributed by atoms with Crippen LogP contribution >= 0.6 is 0 Å². The van der Waals surface area contributed by atoms with Crippen LogP contribution in [0.15, 0.2) is 96.1 Å². The smallest absolute Gasteiger partial charge is 0.329 e. The summed E-state index contributed by atoms with van der Waals surface area (Å²) >= 11 is 0. The van der Waals surface area contributed by atoms with Crippen LogP contribution in [-0.4, -0.2) is 23.1 Å². The van der Waals surface area contributed by atoms with Crippen molar-refractivity contribution in [3.8, 4) is 11.5 Å². The highest BCUT2D eigenvalue weighted by Crippen LogP contribution is 2.25. The molecule has 0 heterocycles. The van der Waals surface area contributed by atoms with E-state index in [9.17, 15) is 14.7 Å². The average Bonchev–Trinajstić information content (AvgIpc) is 2.85. The van der Waals surface area contributed by atoms with Crippen molar-refractivity contribution in [2.45, 2.75) is 6.61 Å². The highest BCUT2D eigenvalue weighted by atomic mass is 16.5. The molecule has 0 saturated heterocycles. The summed E-state index contributed by atoms with van der Waals surface area (Å²) < 4.78 is 5.70. The van der Waals surface area contributed by atoms with Crippen LogP contribution in [0.1, 0.15) is 11.1 Å². The van der Waals surface area contributed by atoms with E-state index in [0.29, 0.717) is 23.6 Å². The maximum absolute atomic E-state index is 12.2. The van der Waals surface area contributed by atoms with Crippen molar-refractivity contribution in [1.82, 2.24) is 5.43 Å². The van der Waals surface area contributed by atoms with Gasteiger partial charge >= 0.3 is 11.8 Å². The van der Waals surface area contributed by atoms with Crippen molar-refractivity contribution < 1.29 is 19.4 Å². The maximum Gasteiger partial charge on any atom is 0.329 e. The number of carbonyl (C=O) groups excluding carboxylic acids is 2. The van der Waals surface area contributed by atoms with Gasteiger partial charge in [0.2, 0.25) is 0 Å². The van der Waals surface area contributed by atoms with Crippen LogP contribution in [0.25, 0.3) is 10.8 Å². The molecule has 0 radical (unpaired) electrons. The molecule has 4 aromatic carbocycles. The van der Waals surface area contributed by atoms with Crippen LogP contribution in [-0.2, 0) is 16.2 Å². The van der Waals surface area contributed by atoms with E-state index < -0.39 is 11.8 Å². The average molecular weight is 439 g/mol. The molecule has 0 bridgehead atoms. The first-order chi connectivity index (χ1) is 16.1. The summed E-state index contributed by atoms with van der Waals surface area (Å²) in [5.74, 6) is -1.14. The molecular formula is C26H21N3O4. The number of aromatic hydroxyl groups is 1. The number of hydrogen-bond donors (Lipinski definition) is 3. The fourth-order valence-electron chi connectivity index (χ4n) is 3.19. The van der Waals surface area contributed by atoms with Gasteiger partial charge in [-0.25, -0.2) is 5.43 Å². The largest absolute Gasteiger partial charge is 0.507 e. The first kappa shape index (κ1) is 21.6. The van der Waals surface area contributed by atoms with E-state index in [1.807, 2.05) is 54.6 Å². The summed E-state index contributed by atoms with van der Waals surface area (Å²) in [6.07, 6.45) is 1.31. The number of nitrogens with zero attached hydrogens (tertiary/aromatic N) is 1. The summed E-state index contributed by atoms with van der Waals surface area (Å²) in [6.45, 7) is 0.430. The molecule has 7 nitrogen and oxygen atoms in total. The van der Waals surface area contributed by atoms with Crippen molar-refractivity contribution in [2.75, 3.05) is 5.32 Å². The number of benzene rings is 4. The summed E-state index contributed by atoms with van der Waals surface area (Å²) in [4.78, 5) is 24.2. The lowest BCUT2D eigenvalue weighted by Crippen LogP contribution is -2.32. The van der Waals surface area contributed by atoms with Crippen molar-refractivity contribution in [2.24, 2.45) is 5.10 Å². The standard InChI is InChI=1S/C26H21N3O4/c30-24-15-10-19-8-4-5-9-22(19)23(24)16-27-29-26(32)25(31)28-20-11-13-21(14-12-20)33-17-18-6-2-1-3-7-18/h1-16,30H,17H2,(H,28,31)(H,29,32)/b27-16-. The molecule has 2 amide bonds. The van der Waals surface area contributed by atoms with Gasteiger partial charge in [-0.2, -0.15) is 5.10 Å². The Bertz CT molecular complexity index is 1300. The number of nitrogens with one attached hydrogen (secondary N) is 2. The Hall–Kier alpha value is -4.65. The van der Waals surface area contributed by atoms with E-state index in [4.69, 9.17) is 4.74 Å². The third-order valence-electron chi connectivity index (χ3n) is 4.87. The number of fused-ring (bicyclic) bond motifs is 1. The zero-order valence-corrected chi connectivity index (χ0v) is 17.6. The molecule has 164 valence electrons. The van der Waals surface area contributed by atoms with Gasteiger partial charge in [0, 0.05) is 11.3 Å². The SMILES string of the molecule is O=C(N/N=C\c1c(O)ccc2ccccc12)C(=O)Nc1ccc(OCc2ccccc2)cc1. The zero-order valence-electron chi connectivity index (χ0n) is 17.6. The molecule has 0 spiro atoms. The fraction of sp³-hybridized carbons (Fsp3) is 0.0385. The number of phenols is 1. The van der Waals surface area contributed by atoms with E-state index >= 15 is 0 Å². The summed E-state index contributed by atoms with van der Waals surface area (Å²) in [5, 5.41) is 18.1. The van der Waals surface area contributed by atoms with Crippen molar-refractivity contribution in [3.05, 3.63) is 102 Å². The zero-order chi connectivity index (χ0) is 23.0. The highest BCUT2D eigenvalue weighted by Gasteiger charge is 2.13. The number of hydrogen-bond acceptors (Lipinski definition) is 5. The number of ether oxygens (including phenoxy) is 1. The van der Waals surface area contributed by atoms with Crippen LogP contribution in [0.5, 0.6) is 11.5 Å². The number of amides is 2. The topological polar surface area (TPSA) is 100 Å². The first-order valence-electron chi connectivity index (χ1n) is 10.2. The van der Waals surface area contributed by atoms with Crippen LogP contribution in [0.2, 0.25) is 0 Å². The van der Waals surface area contributed by atoms with Crippen LogP contribution < -0.4 is 15.5 Å². The molecule has 0 aliphatic carbocycles. The Morgan fingerprint density at radius 1 is 0.848 bits per heavy atom. The van der Waals surface area contributed by atoms with E-state index in [-0.39, 0.29) is 5.75 Å². The van der Waals surface area contributed by atoms with Crippen LogP contribution in [0.3, 0.4) is 0 Å². The lowest BCUT2D eigenvalue weighted by Gasteiger charge is -2.08.